The van der Waals surface area contributed by atoms with Gasteiger partial charge < -0.3 is 15.1 Å². The van der Waals surface area contributed by atoms with Gasteiger partial charge in [-0.1, -0.05) is 51.4 Å². The molecule has 0 radical (unpaired) electrons. The predicted octanol–water partition coefficient (Wildman–Crippen LogP) is 4.95. The Bertz CT molecular complexity index is 911. The maximum absolute atomic E-state index is 12.9. The summed E-state index contributed by atoms with van der Waals surface area (Å²) in [4.78, 5) is 28.9. The van der Waals surface area contributed by atoms with Crippen molar-refractivity contribution < 1.29 is 9.59 Å². The number of piperazine rings is 1. The molecular weight excluding hydrogens is 398 g/mol. The van der Waals surface area contributed by atoms with E-state index < -0.39 is 0 Å². The third-order valence-corrected chi connectivity index (χ3v) is 5.73. The standard InChI is InChI=1S/C24H30ClN3O2/c1-5-22(29)28-14-12-27(13-15-28)21-11-10-19(25)16-20(21)26-23(30)17-6-8-18(9-7-17)24(2,3)4/h6-11,16H,5,12-15H2,1-4H3,(H,26,30). The van der Waals surface area contributed by atoms with Crippen molar-refractivity contribution in [2.75, 3.05) is 36.4 Å². The highest BCUT2D eigenvalue weighted by Crippen LogP contribution is 2.31. The highest BCUT2D eigenvalue weighted by Gasteiger charge is 2.22. The maximum atomic E-state index is 12.9. The van der Waals surface area contributed by atoms with Gasteiger partial charge >= 0.3 is 0 Å². The number of hydrogen-bond donors (Lipinski definition) is 1. The van der Waals surface area contributed by atoms with Crippen LogP contribution in [-0.4, -0.2) is 42.9 Å². The maximum Gasteiger partial charge on any atom is 0.255 e. The summed E-state index contributed by atoms with van der Waals surface area (Å²) < 4.78 is 0. The predicted molar refractivity (Wildman–Crippen MR) is 124 cm³/mol. The molecule has 0 aromatic heterocycles. The smallest absolute Gasteiger partial charge is 0.255 e. The topological polar surface area (TPSA) is 52.7 Å². The zero-order valence-electron chi connectivity index (χ0n) is 18.2. The molecule has 1 N–H and O–H groups in total. The average Bonchev–Trinajstić information content (AvgIpc) is 2.73. The second-order valence-electron chi connectivity index (χ2n) is 8.66. The van der Waals surface area contributed by atoms with Gasteiger partial charge in [-0.15, -0.1) is 0 Å². The Balaban J connectivity index is 1.76. The number of hydrogen-bond acceptors (Lipinski definition) is 3. The number of halogens is 1. The van der Waals surface area contributed by atoms with E-state index in [0.29, 0.717) is 35.8 Å². The number of anilines is 2. The monoisotopic (exact) mass is 427 g/mol. The third-order valence-electron chi connectivity index (χ3n) is 5.50. The Morgan fingerprint density at radius 2 is 1.63 bits per heavy atom. The fourth-order valence-corrected chi connectivity index (χ4v) is 3.79. The second kappa shape index (κ2) is 9.09. The summed E-state index contributed by atoms with van der Waals surface area (Å²) in [6.07, 6.45) is 0.524. The molecule has 3 rings (SSSR count). The molecule has 2 aromatic carbocycles. The van der Waals surface area contributed by atoms with Crippen molar-refractivity contribution in [3.63, 3.8) is 0 Å². The molecule has 0 saturated carbocycles. The van der Waals surface area contributed by atoms with Gasteiger partial charge in [-0.3, -0.25) is 9.59 Å². The van der Waals surface area contributed by atoms with Crippen molar-refractivity contribution in [2.24, 2.45) is 0 Å². The number of carbonyl (C=O) groups is 2. The quantitative estimate of drug-likeness (QED) is 0.751. The number of nitrogens with one attached hydrogen (secondary N) is 1. The first-order valence-corrected chi connectivity index (χ1v) is 10.8. The van der Waals surface area contributed by atoms with Crippen LogP contribution in [0, 0.1) is 0 Å². The molecule has 0 aliphatic carbocycles. The molecule has 0 unspecified atom stereocenters. The first kappa shape index (κ1) is 22.2. The first-order valence-electron chi connectivity index (χ1n) is 10.4. The van der Waals surface area contributed by atoms with E-state index >= 15 is 0 Å². The fourth-order valence-electron chi connectivity index (χ4n) is 3.62. The molecule has 2 aromatic rings. The Morgan fingerprint density at radius 3 is 2.20 bits per heavy atom. The summed E-state index contributed by atoms with van der Waals surface area (Å²) in [6, 6.07) is 13.2. The minimum Gasteiger partial charge on any atom is -0.366 e. The molecule has 30 heavy (non-hydrogen) atoms. The second-order valence-corrected chi connectivity index (χ2v) is 9.10. The lowest BCUT2D eigenvalue weighted by atomic mass is 9.87. The molecule has 1 aliphatic heterocycles. The summed E-state index contributed by atoms with van der Waals surface area (Å²) in [7, 11) is 0. The van der Waals surface area contributed by atoms with Crippen LogP contribution in [0.15, 0.2) is 42.5 Å². The van der Waals surface area contributed by atoms with Gasteiger partial charge in [0.15, 0.2) is 0 Å². The molecule has 2 amide bonds. The van der Waals surface area contributed by atoms with Crippen molar-refractivity contribution in [1.82, 2.24) is 4.90 Å². The van der Waals surface area contributed by atoms with E-state index in [1.54, 1.807) is 6.07 Å². The van der Waals surface area contributed by atoms with Crippen LogP contribution in [0.5, 0.6) is 0 Å². The zero-order chi connectivity index (χ0) is 21.9. The van der Waals surface area contributed by atoms with Crippen LogP contribution >= 0.6 is 11.6 Å². The van der Waals surface area contributed by atoms with E-state index in [9.17, 15) is 9.59 Å². The summed E-state index contributed by atoms with van der Waals surface area (Å²) in [5.74, 6) is 0.0109. The molecule has 0 atom stereocenters. The zero-order valence-corrected chi connectivity index (χ0v) is 18.9. The molecule has 1 heterocycles. The fraction of sp³-hybridized carbons (Fsp3) is 0.417. The average molecular weight is 428 g/mol. The Labute approximate surface area is 184 Å². The molecular formula is C24H30ClN3O2. The van der Waals surface area contributed by atoms with Crippen molar-refractivity contribution in [2.45, 2.75) is 39.5 Å². The Hall–Kier alpha value is -2.53. The summed E-state index contributed by atoms with van der Waals surface area (Å²) >= 11 is 6.22. The number of amides is 2. The van der Waals surface area contributed by atoms with Gasteiger partial charge in [-0.2, -0.15) is 0 Å². The third kappa shape index (κ3) is 5.14. The Morgan fingerprint density at radius 1 is 1.00 bits per heavy atom. The molecule has 1 aliphatic rings. The molecule has 160 valence electrons. The number of rotatable bonds is 4. The van der Waals surface area contributed by atoms with Crippen molar-refractivity contribution in [1.29, 1.82) is 0 Å². The molecule has 1 fully saturated rings. The lowest BCUT2D eigenvalue weighted by molar-refractivity contribution is -0.131. The van der Waals surface area contributed by atoms with E-state index in [1.165, 1.54) is 5.56 Å². The van der Waals surface area contributed by atoms with Crippen LogP contribution in [0.4, 0.5) is 11.4 Å². The van der Waals surface area contributed by atoms with Gasteiger partial charge in [-0.05, 0) is 41.3 Å². The van der Waals surface area contributed by atoms with Crippen LogP contribution < -0.4 is 10.2 Å². The van der Waals surface area contributed by atoms with E-state index in [4.69, 9.17) is 11.6 Å². The van der Waals surface area contributed by atoms with E-state index in [1.807, 2.05) is 48.2 Å². The minimum atomic E-state index is -0.168. The van der Waals surface area contributed by atoms with Crippen molar-refractivity contribution in [3.8, 4) is 0 Å². The highest BCUT2D eigenvalue weighted by molar-refractivity contribution is 6.31. The highest BCUT2D eigenvalue weighted by atomic mass is 35.5. The van der Waals surface area contributed by atoms with Crippen molar-refractivity contribution >= 4 is 34.8 Å². The van der Waals surface area contributed by atoms with Crippen LogP contribution in [0.2, 0.25) is 5.02 Å². The lowest BCUT2D eigenvalue weighted by Crippen LogP contribution is -2.48. The summed E-state index contributed by atoms with van der Waals surface area (Å²) in [5.41, 5.74) is 3.43. The largest absolute Gasteiger partial charge is 0.366 e. The summed E-state index contributed by atoms with van der Waals surface area (Å²) in [5, 5.41) is 3.59. The van der Waals surface area contributed by atoms with Crippen LogP contribution in [0.3, 0.4) is 0 Å². The van der Waals surface area contributed by atoms with Gasteiger partial charge in [0.05, 0.1) is 11.4 Å². The first-order chi connectivity index (χ1) is 14.2. The molecule has 0 bridgehead atoms. The molecule has 5 nitrogen and oxygen atoms in total. The minimum absolute atomic E-state index is 0.0381. The van der Waals surface area contributed by atoms with E-state index in [-0.39, 0.29) is 17.2 Å². The van der Waals surface area contributed by atoms with Gasteiger partial charge in [0.2, 0.25) is 5.91 Å². The molecule has 6 heteroatoms. The van der Waals surface area contributed by atoms with E-state index in [2.05, 4.69) is 31.0 Å². The lowest BCUT2D eigenvalue weighted by Gasteiger charge is -2.37. The van der Waals surface area contributed by atoms with Gasteiger partial charge in [0, 0.05) is 43.2 Å². The van der Waals surface area contributed by atoms with Crippen LogP contribution in [0.1, 0.15) is 50.0 Å². The number of carbonyl (C=O) groups excluding carboxylic acids is 2. The van der Waals surface area contributed by atoms with Crippen molar-refractivity contribution in [3.05, 3.63) is 58.6 Å². The number of benzene rings is 2. The molecule has 1 saturated heterocycles. The SMILES string of the molecule is CCC(=O)N1CCN(c2ccc(Cl)cc2NC(=O)c2ccc(C(C)(C)C)cc2)CC1. The van der Waals surface area contributed by atoms with E-state index in [0.717, 1.165) is 18.8 Å². The van der Waals surface area contributed by atoms with Gasteiger partial charge in [0.1, 0.15) is 0 Å². The van der Waals surface area contributed by atoms with Crippen LogP contribution in [0.25, 0.3) is 0 Å². The van der Waals surface area contributed by atoms with Gasteiger partial charge in [-0.25, -0.2) is 0 Å². The van der Waals surface area contributed by atoms with Gasteiger partial charge in [0.25, 0.3) is 5.91 Å². The molecule has 0 spiro atoms. The Kier molecular flexibility index (Phi) is 6.71. The number of nitrogens with zero attached hydrogens (tertiary/aromatic N) is 2. The normalized spacial score (nSPS) is 14.6. The summed E-state index contributed by atoms with van der Waals surface area (Å²) in [6.45, 7) is 11.1. The van der Waals surface area contributed by atoms with Crippen LogP contribution in [-0.2, 0) is 10.2 Å².